The Morgan fingerprint density at radius 3 is 2.48 bits per heavy atom. The van der Waals surface area contributed by atoms with Gasteiger partial charge in [-0.1, -0.05) is 0 Å². The van der Waals surface area contributed by atoms with Gasteiger partial charge in [0.25, 0.3) is 0 Å². The van der Waals surface area contributed by atoms with Crippen LogP contribution < -0.4 is 9.80 Å². The number of carbonyl (C=O) groups excluding carboxylic acids is 2. The highest BCUT2D eigenvalue weighted by atomic mass is 32.2. The number of Topliss-reactive ketones (excluding diaryl/α,β-unsaturated/α-hetero) is 1. The van der Waals surface area contributed by atoms with Crippen LogP contribution in [0.2, 0.25) is 0 Å². The zero-order valence-electron chi connectivity index (χ0n) is 15.0. The first-order chi connectivity index (χ1) is 12.8. The number of ketones is 1. The van der Waals surface area contributed by atoms with Gasteiger partial charge >= 0.3 is 5.97 Å². The van der Waals surface area contributed by atoms with Gasteiger partial charge in [0.2, 0.25) is 11.7 Å². The Bertz CT molecular complexity index is 908. The SMILES string of the molecule is CC(=O)N1CC[NH+](c2cc3c(cc2F)C(=O)C(C(=O)O)=C2SC(C)[NH+]23)CC1. The van der Waals surface area contributed by atoms with E-state index < -0.39 is 17.6 Å². The molecule has 7 nitrogen and oxygen atoms in total. The van der Waals surface area contributed by atoms with Gasteiger partial charge in [-0.05, 0) is 24.8 Å². The summed E-state index contributed by atoms with van der Waals surface area (Å²) >= 11 is 1.36. The van der Waals surface area contributed by atoms with Crippen LogP contribution in [0.5, 0.6) is 0 Å². The molecule has 2 fully saturated rings. The van der Waals surface area contributed by atoms with Crippen molar-refractivity contribution in [1.29, 1.82) is 0 Å². The quantitative estimate of drug-likeness (QED) is 0.579. The van der Waals surface area contributed by atoms with Crippen LogP contribution >= 0.6 is 11.8 Å². The minimum absolute atomic E-state index is 0.0115. The molecule has 0 spiro atoms. The van der Waals surface area contributed by atoms with Crippen molar-refractivity contribution >= 4 is 40.8 Å². The van der Waals surface area contributed by atoms with Crippen LogP contribution in [-0.2, 0) is 9.59 Å². The molecule has 3 heterocycles. The summed E-state index contributed by atoms with van der Waals surface area (Å²) in [5.41, 5.74) is 0.986. The maximum atomic E-state index is 14.8. The molecule has 0 saturated carbocycles. The Morgan fingerprint density at radius 2 is 1.93 bits per heavy atom. The van der Waals surface area contributed by atoms with Crippen LogP contribution in [0.3, 0.4) is 0 Å². The number of quaternary nitrogens is 2. The van der Waals surface area contributed by atoms with Gasteiger partial charge in [0, 0.05) is 6.92 Å². The van der Waals surface area contributed by atoms with E-state index in [0.717, 1.165) is 9.80 Å². The molecule has 2 unspecified atom stereocenters. The molecular formula is C18H20FN3O4S+2. The molecule has 142 valence electrons. The van der Waals surface area contributed by atoms with Crippen LogP contribution in [0.4, 0.5) is 15.8 Å². The molecule has 0 bridgehead atoms. The number of nitrogens with one attached hydrogen (secondary N) is 2. The zero-order chi connectivity index (χ0) is 19.5. The lowest BCUT2D eigenvalue weighted by molar-refractivity contribution is -0.839. The van der Waals surface area contributed by atoms with Crippen LogP contribution in [0.15, 0.2) is 22.7 Å². The van der Waals surface area contributed by atoms with Gasteiger partial charge in [-0.15, -0.1) is 0 Å². The molecule has 9 heteroatoms. The average Bonchev–Trinajstić information content (AvgIpc) is 2.61. The van der Waals surface area contributed by atoms with Gasteiger partial charge in [-0.25, -0.2) is 9.18 Å². The van der Waals surface area contributed by atoms with Crippen molar-refractivity contribution < 1.29 is 33.7 Å². The fourth-order valence-electron chi connectivity index (χ4n) is 4.01. The molecule has 1 aromatic carbocycles. The van der Waals surface area contributed by atoms with Gasteiger partial charge in [-0.2, -0.15) is 0 Å². The highest BCUT2D eigenvalue weighted by Gasteiger charge is 2.51. The standard InChI is InChI=1S/C18H18FN3O4S/c1-9(23)20-3-5-21(6-4-20)14-8-13-11(7-12(14)19)16(24)15(18(25)26)17-22(13)10(2)27-17/h7-8,10H,3-6H2,1-2H3,(H,25,26)/p+2. The van der Waals surface area contributed by atoms with E-state index in [1.54, 1.807) is 11.0 Å². The maximum Gasteiger partial charge on any atom is 0.346 e. The van der Waals surface area contributed by atoms with E-state index in [4.69, 9.17) is 0 Å². The number of aliphatic carboxylic acids is 1. The Labute approximate surface area is 159 Å². The fourth-order valence-corrected chi connectivity index (χ4v) is 5.25. The molecule has 1 amide bonds. The highest BCUT2D eigenvalue weighted by Crippen LogP contribution is 2.37. The molecule has 3 aliphatic rings. The molecule has 2 atom stereocenters. The molecular weight excluding hydrogens is 373 g/mol. The van der Waals surface area contributed by atoms with Crippen molar-refractivity contribution in [2.24, 2.45) is 0 Å². The number of halogens is 1. The molecule has 0 aromatic heterocycles. The number of rotatable bonds is 2. The topological polar surface area (TPSA) is 83.6 Å². The molecule has 3 aliphatic heterocycles. The Kier molecular flexibility index (Phi) is 4.32. The number of amides is 1. The van der Waals surface area contributed by atoms with Crippen LogP contribution in [0, 0.1) is 5.82 Å². The number of hydrogen-bond donors (Lipinski definition) is 3. The van der Waals surface area contributed by atoms with E-state index in [1.165, 1.54) is 24.8 Å². The summed E-state index contributed by atoms with van der Waals surface area (Å²) in [6, 6.07) is 2.88. The van der Waals surface area contributed by atoms with E-state index in [1.807, 2.05) is 6.92 Å². The van der Waals surface area contributed by atoms with Gasteiger partial charge in [-0.3, -0.25) is 19.4 Å². The first kappa shape index (κ1) is 18.1. The largest absolute Gasteiger partial charge is 0.477 e. The molecule has 0 radical (unpaired) electrons. The summed E-state index contributed by atoms with van der Waals surface area (Å²) in [6.07, 6.45) is 0. The summed E-state index contributed by atoms with van der Waals surface area (Å²) in [5.74, 6) is -2.40. The van der Waals surface area contributed by atoms with Crippen LogP contribution in [0.1, 0.15) is 24.2 Å². The minimum atomic E-state index is -1.27. The second kappa shape index (κ2) is 6.43. The summed E-state index contributed by atoms with van der Waals surface area (Å²) in [5, 5.41) is 9.97. The fraction of sp³-hybridized carbons (Fsp3) is 0.389. The van der Waals surface area contributed by atoms with Crippen molar-refractivity contribution in [3.8, 4) is 0 Å². The lowest BCUT2D eigenvalue weighted by Crippen LogP contribution is -3.14. The highest BCUT2D eigenvalue weighted by molar-refractivity contribution is 8.04. The van der Waals surface area contributed by atoms with E-state index >= 15 is 0 Å². The second-order valence-electron chi connectivity index (χ2n) is 7.00. The third kappa shape index (κ3) is 2.77. The third-order valence-corrected chi connectivity index (χ3v) is 6.70. The van der Waals surface area contributed by atoms with Gasteiger partial charge < -0.3 is 10.0 Å². The summed E-state index contributed by atoms with van der Waals surface area (Å²) < 4.78 is 14.8. The van der Waals surface area contributed by atoms with E-state index in [0.29, 0.717) is 42.6 Å². The van der Waals surface area contributed by atoms with Gasteiger partial charge in [0.15, 0.2) is 33.2 Å². The lowest BCUT2D eigenvalue weighted by atomic mass is 9.96. The molecule has 1 aromatic rings. The zero-order valence-corrected chi connectivity index (χ0v) is 15.8. The number of hydrogen-bond acceptors (Lipinski definition) is 4. The predicted molar refractivity (Wildman–Crippen MR) is 95.7 cm³/mol. The summed E-state index contributed by atoms with van der Waals surface area (Å²) in [6.45, 7) is 5.76. The normalized spacial score (nSPS) is 25.0. The van der Waals surface area contributed by atoms with E-state index in [-0.39, 0.29) is 22.4 Å². The smallest absolute Gasteiger partial charge is 0.346 e. The molecule has 3 N–H and O–H groups in total. The number of nitrogens with zero attached hydrogens (tertiary/aromatic N) is 1. The van der Waals surface area contributed by atoms with Crippen molar-refractivity contribution in [3.05, 3.63) is 34.1 Å². The number of benzene rings is 1. The van der Waals surface area contributed by atoms with Crippen molar-refractivity contribution in [2.75, 3.05) is 26.2 Å². The maximum absolute atomic E-state index is 14.8. The van der Waals surface area contributed by atoms with Gasteiger partial charge in [0.05, 0.1) is 37.8 Å². The third-order valence-electron chi connectivity index (χ3n) is 5.45. The number of thioether (sulfide) groups is 1. The van der Waals surface area contributed by atoms with E-state index in [9.17, 15) is 23.9 Å². The number of carboxylic acid groups (broad SMARTS) is 1. The van der Waals surface area contributed by atoms with E-state index in [2.05, 4.69) is 0 Å². The van der Waals surface area contributed by atoms with Crippen LogP contribution in [-0.4, -0.2) is 59.2 Å². The summed E-state index contributed by atoms with van der Waals surface area (Å²) in [7, 11) is 0. The number of carbonyl (C=O) groups is 3. The van der Waals surface area contributed by atoms with Crippen molar-refractivity contribution in [2.45, 2.75) is 19.2 Å². The first-order valence-electron chi connectivity index (χ1n) is 8.80. The first-order valence-corrected chi connectivity index (χ1v) is 9.68. The minimum Gasteiger partial charge on any atom is -0.477 e. The molecule has 2 saturated heterocycles. The number of carboxylic acids is 1. The predicted octanol–water partition coefficient (Wildman–Crippen LogP) is -0.694. The second-order valence-corrected chi connectivity index (χ2v) is 8.35. The molecule has 0 aliphatic carbocycles. The number of piperazine rings is 1. The molecule has 27 heavy (non-hydrogen) atoms. The molecule has 4 rings (SSSR count). The Morgan fingerprint density at radius 1 is 1.26 bits per heavy atom. The van der Waals surface area contributed by atoms with Crippen molar-refractivity contribution in [3.63, 3.8) is 0 Å². The Balaban J connectivity index is 1.71. The van der Waals surface area contributed by atoms with Crippen LogP contribution in [0.25, 0.3) is 0 Å². The average molecular weight is 393 g/mol. The lowest BCUT2D eigenvalue weighted by Gasteiger charge is -2.39. The van der Waals surface area contributed by atoms with Crippen molar-refractivity contribution in [1.82, 2.24) is 4.90 Å². The Hall–Kier alpha value is -2.23. The monoisotopic (exact) mass is 393 g/mol. The van der Waals surface area contributed by atoms with Gasteiger partial charge in [0.1, 0.15) is 0 Å². The number of fused-ring (bicyclic) bond motifs is 3. The summed E-state index contributed by atoms with van der Waals surface area (Å²) in [4.78, 5) is 39.1.